The molecule has 11 heteroatoms. The smallest absolute Gasteiger partial charge is 0.362 e. The maximum atomic E-state index is 13.1. The molecule has 0 radical (unpaired) electrons. The molecule has 172 valence electrons. The second kappa shape index (κ2) is 8.81. The average Bonchev–Trinajstić information content (AvgIpc) is 3.20. The Kier molecular flexibility index (Phi) is 6.07. The Morgan fingerprint density at radius 1 is 1.09 bits per heavy atom. The Labute approximate surface area is 191 Å². The van der Waals surface area contributed by atoms with Crippen LogP contribution >= 0.6 is 11.3 Å². The zero-order chi connectivity index (χ0) is 23.8. The van der Waals surface area contributed by atoms with E-state index in [0.717, 1.165) is 22.7 Å². The summed E-state index contributed by atoms with van der Waals surface area (Å²) < 4.78 is 38.9. The van der Waals surface area contributed by atoms with E-state index in [4.69, 9.17) is 0 Å². The number of anilines is 1. The minimum Gasteiger partial charge on any atom is -0.362 e. The summed E-state index contributed by atoms with van der Waals surface area (Å²) in [6, 6.07) is 12.0. The first kappa shape index (κ1) is 22.7. The fourth-order valence-electron chi connectivity index (χ4n) is 3.71. The van der Waals surface area contributed by atoms with E-state index < -0.39 is 22.4 Å². The molecule has 1 saturated heterocycles. The molecule has 0 atom stereocenters. The summed E-state index contributed by atoms with van der Waals surface area (Å²) in [5.41, 5.74) is -0.00811. The van der Waals surface area contributed by atoms with Crippen molar-refractivity contribution in [2.24, 2.45) is 0 Å². The number of aryl methyl sites for hydroxylation is 1. The fourth-order valence-corrected chi connectivity index (χ4v) is 4.75. The monoisotopic (exact) mass is 476 g/mol. The lowest BCUT2D eigenvalue weighted by Crippen LogP contribution is -2.49. The van der Waals surface area contributed by atoms with Gasteiger partial charge in [-0.25, -0.2) is 4.98 Å². The van der Waals surface area contributed by atoms with Crippen molar-refractivity contribution in [1.29, 1.82) is 0 Å². The van der Waals surface area contributed by atoms with Crippen LogP contribution < -0.4 is 4.90 Å². The highest BCUT2D eigenvalue weighted by atomic mass is 32.1. The summed E-state index contributed by atoms with van der Waals surface area (Å²) in [7, 11) is 0. The van der Waals surface area contributed by atoms with E-state index in [0.29, 0.717) is 16.6 Å². The van der Waals surface area contributed by atoms with Crippen LogP contribution in [0.25, 0.3) is 10.6 Å². The Balaban J connectivity index is 1.49. The number of nitrogens with zero attached hydrogens (tertiary/aromatic N) is 4. The van der Waals surface area contributed by atoms with Crippen LogP contribution in [0.4, 0.5) is 24.5 Å². The van der Waals surface area contributed by atoms with Crippen molar-refractivity contribution in [2.75, 3.05) is 31.1 Å². The average molecular weight is 476 g/mol. The summed E-state index contributed by atoms with van der Waals surface area (Å²) in [5.74, 6) is -0.172. The molecule has 7 nitrogen and oxygen atoms in total. The molecule has 0 aliphatic carbocycles. The summed E-state index contributed by atoms with van der Waals surface area (Å²) in [6.45, 7) is 2.88. The second-order valence-electron chi connectivity index (χ2n) is 7.54. The molecule has 1 aliphatic rings. The molecule has 3 aromatic rings. The van der Waals surface area contributed by atoms with Gasteiger partial charge in [0.2, 0.25) is 0 Å². The van der Waals surface area contributed by atoms with Crippen LogP contribution in [0.1, 0.15) is 20.9 Å². The maximum absolute atomic E-state index is 13.1. The molecular weight excluding hydrogens is 457 g/mol. The van der Waals surface area contributed by atoms with Gasteiger partial charge in [0.1, 0.15) is 15.6 Å². The number of aromatic nitrogens is 1. The lowest BCUT2D eigenvalue weighted by Gasteiger charge is -2.35. The van der Waals surface area contributed by atoms with E-state index in [9.17, 15) is 28.1 Å². The predicted octanol–water partition coefficient (Wildman–Crippen LogP) is 5.01. The molecule has 1 aliphatic heterocycles. The molecule has 2 aromatic carbocycles. The number of hydrogen-bond donors (Lipinski definition) is 0. The number of carbonyl (C=O) groups excluding carboxylic acids is 1. The Morgan fingerprint density at radius 3 is 2.36 bits per heavy atom. The molecule has 4 rings (SSSR count). The van der Waals surface area contributed by atoms with Crippen LogP contribution in [0, 0.1) is 17.0 Å². The van der Waals surface area contributed by atoms with E-state index in [1.165, 1.54) is 11.3 Å². The third-order valence-electron chi connectivity index (χ3n) is 5.42. The van der Waals surface area contributed by atoms with Gasteiger partial charge < -0.3 is 9.80 Å². The van der Waals surface area contributed by atoms with Gasteiger partial charge in [-0.1, -0.05) is 30.3 Å². The molecule has 0 bridgehead atoms. The van der Waals surface area contributed by atoms with Crippen molar-refractivity contribution in [2.45, 2.75) is 13.1 Å². The first-order chi connectivity index (χ1) is 15.6. The number of rotatable bonds is 4. The summed E-state index contributed by atoms with van der Waals surface area (Å²) in [6.07, 6.45) is -4.67. The molecule has 2 heterocycles. The number of piperazine rings is 1. The standard InChI is InChI=1S/C22H19F3N4O3S/c1-14-19(33-20(26-14)15-5-3-2-4-6-15)21(30)28-11-9-27(10-12-28)17-8-7-16(22(23,24)25)13-18(17)29(31)32/h2-8,13H,9-12H2,1H3. The number of alkyl halides is 3. The highest BCUT2D eigenvalue weighted by Gasteiger charge is 2.34. The van der Waals surface area contributed by atoms with Gasteiger partial charge in [-0.15, -0.1) is 11.3 Å². The fraction of sp³-hybridized carbons (Fsp3) is 0.273. The number of nitro benzene ring substituents is 1. The van der Waals surface area contributed by atoms with Crippen molar-refractivity contribution in [1.82, 2.24) is 9.88 Å². The minimum atomic E-state index is -4.67. The van der Waals surface area contributed by atoms with Crippen LogP contribution in [0.15, 0.2) is 48.5 Å². The van der Waals surface area contributed by atoms with Crippen molar-refractivity contribution in [3.05, 3.63) is 74.8 Å². The number of carbonyl (C=O) groups is 1. The normalized spacial score (nSPS) is 14.4. The van der Waals surface area contributed by atoms with Crippen molar-refractivity contribution >= 4 is 28.6 Å². The Morgan fingerprint density at radius 2 is 1.76 bits per heavy atom. The lowest BCUT2D eigenvalue weighted by molar-refractivity contribution is -0.384. The van der Waals surface area contributed by atoms with Gasteiger partial charge in [-0.05, 0) is 19.1 Å². The van der Waals surface area contributed by atoms with Crippen molar-refractivity contribution in [3.63, 3.8) is 0 Å². The van der Waals surface area contributed by atoms with E-state index in [1.54, 1.807) is 16.7 Å². The van der Waals surface area contributed by atoms with Crippen molar-refractivity contribution in [3.8, 4) is 10.6 Å². The quantitative estimate of drug-likeness (QED) is 0.391. The number of halogens is 3. The maximum Gasteiger partial charge on any atom is 0.416 e. The topological polar surface area (TPSA) is 79.6 Å². The number of amides is 1. The largest absolute Gasteiger partial charge is 0.416 e. The molecule has 33 heavy (non-hydrogen) atoms. The Hall–Kier alpha value is -3.47. The van der Waals surface area contributed by atoms with Crippen LogP contribution in [0.2, 0.25) is 0 Å². The number of thiazole rings is 1. The highest BCUT2D eigenvalue weighted by molar-refractivity contribution is 7.17. The van der Waals surface area contributed by atoms with E-state index in [-0.39, 0.29) is 37.8 Å². The number of hydrogen-bond acceptors (Lipinski definition) is 6. The molecule has 1 fully saturated rings. The van der Waals surface area contributed by atoms with Crippen LogP contribution in [0.3, 0.4) is 0 Å². The van der Waals surface area contributed by atoms with Gasteiger partial charge in [0, 0.05) is 37.8 Å². The highest BCUT2D eigenvalue weighted by Crippen LogP contribution is 2.37. The van der Waals surface area contributed by atoms with Gasteiger partial charge in [0.05, 0.1) is 16.2 Å². The summed E-state index contributed by atoms with van der Waals surface area (Å²) >= 11 is 1.31. The molecule has 0 N–H and O–H groups in total. The summed E-state index contributed by atoms with van der Waals surface area (Å²) in [5, 5.41) is 12.1. The molecular formula is C22H19F3N4O3S. The molecule has 0 spiro atoms. The number of benzene rings is 2. The van der Waals surface area contributed by atoms with Crippen LogP contribution in [0.5, 0.6) is 0 Å². The van der Waals surface area contributed by atoms with E-state index >= 15 is 0 Å². The zero-order valence-corrected chi connectivity index (χ0v) is 18.3. The van der Waals surface area contributed by atoms with Crippen LogP contribution in [-0.4, -0.2) is 46.9 Å². The third-order valence-corrected chi connectivity index (χ3v) is 6.61. The first-order valence-corrected chi connectivity index (χ1v) is 10.9. The van der Waals surface area contributed by atoms with E-state index in [2.05, 4.69) is 4.98 Å². The molecule has 0 unspecified atom stereocenters. The third kappa shape index (κ3) is 4.68. The van der Waals surface area contributed by atoms with Gasteiger partial charge >= 0.3 is 6.18 Å². The van der Waals surface area contributed by atoms with Gasteiger partial charge in [-0.2, -0.15) is 13.2 Å². The first-order valence-electron chi connectivity index (χ1n) is 10.1. The Bertz CT molecular complexity index is 1190. The van der Waals surface area contributed by atoms with Gasteiger partial charge in [-0.3, -0.25) is 14.9 Å². The minimum absolute atomic E-state index is 0.112. The van der Waals surface area contributed by atoms with Gasteiger partial charge in [0.25, 0.3) is 11.6 Å². The van der Waals surface area contributed by atoms with Gasteiger partial charge in [0.15, 0.2) is 0 Å². The van der Waals surface area contributed by atoms with E-state index in [1.807, 2.05) is 30.3 Å². The second-order valence-corrected chi connectivity index (χ2v) is 8.54. The number of nitro groups is 1. The molecule has 0 saturated carbocycles. The molecule has 1 amide bonds. The summed E-state index contributed by atoms with van der Waals surface area (Å²) in [4.78, 5) is 32.0. The zero-order valence-electron chi connectivity index (χ0n) is 17.5. The van der Waals surface area contributed by atoms with Crippen molar-refractivity contribution < 1.29 is 22.9 Å². The predicted molar refractivity (Wildman–Crippen MR) is 119 cm³/mol. The lowest BCUT2D eigenvalue weighted by atomic mass is 10.1. The SMILES string of the molecule is Cc1nc(-c2ccccc2)sc1C(=O)N1CCN(c2ccc(C(F)(F)F)cc2[N+](=O)[O-])CC1. The van der Waals surface area contributed by atoms with Crippen LogP contribution in [-0.2, 0) is 6.18 Å². The molecule has 1 aromatic heterocycles.